The van der Waals surface area contributed by atoms with Crippen LogP contribution in [0.4, 0.5) is 0 Å². The van der Waals surface area contributed by atoms with E-state index in [0.29, 0.717) is 0 Å². The maximum atomic E-state index is 9.22. The van der Waals surface area contributed by atoms with Crippen molar-refractivity contribution in [3.8, 4) is 6.07 Å². The summed E-state index contributed by atoms with van der Waals surface area (Å²) in [7, 11) is -1.43. The minimum atomic E-state index is -4.41. The van der Waals surface area contributed by atoms with E-state index >= 15 is 0 Å². The van der Waals surface area contributed by atoms with Gasteiger partial charge >= 0.3 is 0 Å². The minimum Gasteiger partial charge on any atom is -0.726 e. The highest BCUT2D eigenvalue weighted by molar-refractivity contribution is 7.80. The Bertz CT molecular complexity index is 384. The zero-order valence-corrected chi connectivity index (χ0v) is 12.5. The van der Waals surface area contributed by atoms with Crippen molar-refractivity contribution < 1.29 is 26.4 Å². The lowest BCUT2D eigenvalue weighted by atomic mass is 10.1. The zero-order chi connectivity index (χ0) is 14.9. The fraction of sp³-hybridized carbons (Fsp3) is 0.909. The van der Waals surface area contributed by atoms with Crippen molar-refractivity contribution >= 4 is 10.4 Å². The van der Waals surface area contributed by atoms with Gasteiger partial charge in [0.05, 0.1) is 27.4 Å². The number of nitrogens with zero attached hydrogens (tertiary/aromatic N) is 2. The molecule has 1 aliphatic heterocycles. The number of nitriles is 1. The highest BCUT2D eigenvalue weighted by Gasteiger charge is 2.33. The molecule has 0 spiro atoms. The molecule has 0 aliphatic carbocycles. The topological polar surface area (TPSA) is 99.5 Å². The van der Waals surface area contributed by atoms with E-state index in [1.807, 2.05) is 0 Å². The van der Waals surface area contributed by atoms with Gasteiger partial charge in [0.15, 0.2) is 6.04 Å². The van der Waals surface area contributed by atoms with Crippen LogP contribution in [0.5, 0.6) is 0 Å². The molecule has 112 valence electrons. The molecule has 7 nitrogen and oxygen atoms in total. The third kappa shape index (κ3) is 7.44. The zero-order valence-electron chi connectivity index (χ0n) is 11.7. The first-order valence-corrected chi connectivity index (χ1v) is 7.45. The van der Waals surface area contributed by atoms with Crippen LogP contribution in [-0.2, 0) is 19.3 Å². The lowest BCUT2D eigenvalue weighted by Gasteiger charge is -2.40. The van der Waals surface area contributed by atoms with Gasteiger partial charge in [0, 0.05) is 6.42 Å². The van der Waals surface area contributed by atoms with E-state index in [0.717, 1.165) is 50.7 Å². The van der Waals surface area contributed by atoms with Gasteiger partial charge in [-0.25, -0.2) is 8.42 Å². The van der Waals surface area contributed by atoms with E-state index < -0.39 is 10.4 Å². The van der Waals surface area contributed by atoms with E-state index in [4.69, 9.17) is 10.00 Å². The van der Waals surface area contributed by atoms with E-state index in [1.54, 1.807) is 0 Å². The van der Waals surface area contributed by atoms with Crippen molar-refractivity contribution in [2.24, 2.45) is 0 Å². The van der Waals surface area contributed by atoms with Crippen LogP contribution in [-0.4, -0.2) is 64.0 Å². The van der Waals surface area contributed by atoms with Gasteiger partial charge in [-0.1, -0.05) is 6.92 Å². The molecule has 0 radical (unpaired) electrons. The molecule has 0 aromatic heterocycles. The third-order valence-corrected chi connectivity index (χ3v) is 3.57. The average Bonchev–Trinajstić information content (AvgIpc) is 2.36. The predicted molar refractivity (Wildman–Crippen MR) is 67.8 cm³/mol. The average molecular weight is 294 g/mol. The summed E-state index contributed by atoms with van der Waals surface area (Å²) < 4.78 is 37.2. The van der Waals surface area contributed by atoms with Crippen LogP contribution in [0.3, 0.4) is 0 Å². The molecule has 1 fully saturated rings. The second-order valence-electron chi connectivity index (χ2n) is 4.55. The summed E-state index contributed by atoms with van der Waals surface area (Å²) in [5, 5.41) is 9.07. The Balaban J connectivity index is 0.000000459. The van der Waals surface area contributed by atoms with Gasteiger partial charge in [-0.05, 0) is 6.42 Å². The number of morpholine rings is 1. The number of ether oxygens (including phenoxy) is 1. The third-order valence-electron chi connectivity index (χ3n) is 3.16. The van der Waals surface area contributed by atoms with Crippen LogP contribution < -0.4 is 0 Å². The quantitative estimate of drug-likeness (QED) is 0.418. The number of likely N-dealkylation sites (N-methyl/N-ethyl adjacent to an activating group) is 1. The molecule has 8 heteroatoms. The van der Waals surface area contributed by atoms with Crippen molar-refractivity contribution in [2.45, 2.75) is 25.8 Å². The summed E-state index contributed by atoms with van der Waals surface area (Å²) in [5.41, 5.74) is 0. The van der Waals surface area contributed by atoms with Crippen molar-refractivity contribution in [1.29, 1.82) is 5.26 Å². The molecule has 0 amide bonds. The smallest absolute Gasteiger partial charge is 0.217 e. The summed E-state index contributed by atoms with van der Waals surface area (Å²) >= 11 is 0. The molecule has 0 saturated carbocycles. The lowest BCUT2D eigenvalue weighted by molar-refractivity contribution is -0.933. The van der Waals surface area contributed by atoms with Crippen LogP contribution in [0, 0.1) is 11.3 Å². The number of hydrogen-bond donors (Lipinski definition) is 0. The van der Waals surface area contributed by atoms with Crippen LogP contribution in [0.15, 0.2) is 0 Å². The van der Waals surface area contributed by atoms with E-state index in [-0.39, 0.29) is 6.04 Å². The molecule has 1 unspecified atom stereocenters. The Kier molecular flexibility index (Phi) is 8.13. The van der Waals surface area contributed by atoms with E-state index in [9.17, 15) is 13.0 Å². The molecule has 0 bridgehead atoms. The minimum absolute atomic E-state index is 0.161. The van der Waals surface area contributed by atoms with Crippen molar-refractivity contribution in [3.63, 3.8) is 0 Å². The van der Waals surface area contributed by atoms with Crippen molar-refractivity contribution in [3.05, 3.63) is 0 Å². The lowest BCUT2D eigenvalue weighted by Crippen LogP contribution is -2.57. The Morgan fingerprint density at radius 3 is 2.26 bits per heavy atom. The standard InChI is InChI=1S/C10H19N2O.CH4O4S/c1-3-4-10(9-11)12(2)5-7-13-8-6-12;1-5-6(2,3)4/h10H,3-8H2,1-2H3;1H3,(H,2,3,4)/q+1;/p-1. The molecule has 1 atom stereocenters. The molecule has 0 aromatic carbocycles. The van der Waals surface area contributed by atoms with Gasteiger partial charge in [-0.2, -0.15) is 5.26 Å². The van der Waals surface area contributed by atoms with Gasteiger partial charge in [-0.15, -0.1) is 0 Å². The number of rotatable bonds is 4. The Morgan fingerprint density at radius 2 is 1.95 bits per heavy atom. The maximum Gasteiger partial charge on any atom is 0.217 e. The van der Waals surface area contributed by atoms with Gasteiger partial charge in [0.25, 0.3) is 0 Å². The largest absolute Gasteiger partial charge is 0.726 e. The summed E-state index contributed by atoms with van der Waals surface area (Å²) in [4.78, 5) is 0. The summed E-state index contributed by atoms with van der Waals surface area (Å²) in [6.07, 6.45) is 2.10. The molecule has 19 heavy (non-hydrogen) atoms. The second-order valence-corrected chi connectivity index (χ2v) is 5.70. The SMILES string of the molecule is CCCC(C#N)[N+]1(C)CCOCC1.COS(=O)(=O)[O-]. The first-order chi connectivity index (χ1) is 8.79. The molecular formula is C11H22N2O5S. The predicted octanol–water partition coefficient (Wildman–Crippen LogP) is 0.248. The first kappa shape index (κ1) is 18.3. The molecule has 1 heterocycles. The highest BCUT2D eigenvalue weighted by Crippen LogP contribution is 2.17. The van der Waals surface area contributed by atoms with Crippen LogP contribution in [0.1, 0.15) is 19.8 Å². The molecule has 0 aromatic rings. The Morgan fingerprint density at radius 1 is 1.47 bits per heavy atom. The van der Waals surface area contributed by atoms with Gasteiger partial charge < -0.3 is 13.8 Å². The summed E-state index contributed by atoms with van der Waals surface area (Å²) in [5.74, 6) is 0. The van der Waals surface area contributed by atoms with Gasteiger partial charge in [0.1, 0.15) is 19.2 Å². The van der Waals surface area contributed by atoms with E-state index in [1.165, 1.54) is 0 Å². The Hall–Kier alpha value is -0.720. The normalized spacial score (nSPS) is 19.7. The maximum absolute atomic E-state index is 9.22. The Labute approximate surface area is 115 Å². The first-order valence-electron chi connectivity index (χ1n) is 6.12. The fourth-order valence-electron chi connectivity index (χ4n) is 1.86. The highest BCUT2D eigenvalue weighted by atomic mass is 32.3. The monoisotopic (exact) mass is 294 g/mol. The second kappa shape index (κ2) is 8.45. The van der Waals surface area contributed by atoms with Crippen molar-refractivity contribution in [1.82, 2.24) is 0 Å². The summed E-state index contributed by atoms with van der Waals surface area (Å²) in [6, 6.07) is 2.59. The van der Waals surface area contributed by atoms with Gasteiger partial charge in [-0.3, -0.25) is 4.18 Å². The molecule has 0 N–H and O–H groups in total. The molecule has 1 aliphatic rings. The van der Waals surface area contributed by atoms with Crippen molar-refractivity contribution in [2.75, 3.05) is 40.5 Å². The van der Waals surface area contributed by atoms with Crippen LogP contribution >= 0.6 is 0 Å². The fourth-order valence-corrected chi connectivity index (χ4v) is 1.86. The summed E-state index contributed by atoms with van der Waals surface area (Å²) in [6.45, 7) is 5.71. The molecular weight excluding hydrogens is 272 g/mol. The molecule has 1 saturated heterocycles. The van der Waals surface area contributed by atoms with Gasteiger partial charge in [0.2, 0.25) is 10.4 Å². The molecule has 1 rings (SSSR count). The number of hydrogen-bond acceptors (Lipinski definition) is 6. The van der Waals surface area contributed by atoms with Crippen LogP contribution in [0.25, 0.3) is 0 Å². The van der Waals surface area contributed by atoms with Crippen LogP contribution in [0.2, 0.25) is 0 Å². The van der Waals surface area contributed by atoms with E-state index in [2.05, 4.69) is 24.2 Å². The number of quaternary nitrogens is 1.